The van der Waals surface area contributed by atoms with E-state index in [0.717, 1.165) is 6.42 Å². The molecule has 8 heteroatoms. The van der Waals surface area contributed by atoms with E-state index in [-0.39, 0.29) is 35.1 Å². The van der Waals surface area contributed by atoms with E-state index in [4.69, 9.17) is 16.3 Å². The van der Waals surface area contributed by atoms with Crippen LogP contribution >= 0.6 is 11.6 Å². The first-order chi connectivity index (χ1) is 12.3. The highest BCUT2D eigenvalue weighted by Gasteiger charge is 2.35. The summed E-state index contributed by atoms with van der Waals surface area (Å²) in [7, 11) is -3.79. The molecule has 6 nitrogen and oxygen atoms in total. The summed E-state index contributed by atoms with van der Waals surface area (Å²) >= 11 is 6.01. The summed E-state index contributed by atoms with van der Waals surface area (Å²) in [6.07, 6.45) is 2.16. The van der Waals surface area contributed by atoms with E-state index in [1.807, 2.05) is 13.8 Å². The molecule has 1 aliphatic heterocycles. The number of carbonyl (C=O) groups excluding carboxylic acids is 1. The first-order valence-electron chi connectivity index (χ1n) is 9.02. The molecule has 2 atom stereocenters. The van der Waals surface area contributed by atoms with E-state index >= 15 is 0 Å². The third-order valence-corrected chi connectivity index (χ3v) is 6.70. The number of hydrogen-bond donors (Lipinski definition) is 1. The highest BCUT2D eigenvalue weighted by Crippen LogP contribution is 2.32. The Morgan fingerprint density at radius 3 is 2.81 bits per heavy atom. The van der Waals surface area contributed by atoms with Gasteiger partial charge in [0.15, 0.2) is 0 Å². The third kappa shape index (κ3) is 4.90. The molecular weight excluding hydrogens is 376 g/mol. The lowest BCUT2D eigenvalue weighted by molar-refractivity contribution is -0.126. The maximum Gasteiger partial charge on any atom is 0.246 e. The fourth-order valence-corrected chi connectivity index (χ4v) is 4.85. The zero-order valence-corrected chi connectivity index (χ0v) is 17.1. The number of benzene rings is 1. The van der Waals surface area contributed by atoms with Gasteiger partial charge in [0.1, 0.15) is 10.6 Å². The zero-order chi connectivity index (χ0) is 19.3. The average molecular weight is 403 g/mol. The Kier molecular flexibility index (Phi) is 7.32. The van der Waals surface area contributed by atoms with Crippen LogP contribution in [0, 0.1) is 5.92 Å². The number of sulfonamides is 1. The van der Waals surface area contributed by atoms with E-state index in [9.17, 15) is 13.2 Å². The lowest BCUT2D eigenvalue weighted by Crippen LogP contribution is -2.47. The molecule has 0 saturated carbocycles. The molecule has 0 unspecified atom stereocenters. The van der Waals surface area contributed by atoms with E-state index < -0.39 is 10.0 Å². The molecule has 146 valence electrons. The summed E-state index contributed by atoms with van der Waals surface area (Å²) in [5.74, 6) is -0.152. The number of piperidine rings is 1. The molecule has 1 aromatic rings. The normalized spacial score (nSPS) is 19.8. The number of amides is 1. The molecule has 26 heavy (non-hydrogen) atoms. The Bertz CT molecular complexity index is 739. The number of ether oxygens (including phenoxy) is 1. The van der Waals surface area contributed by atoms with Gasteiger partial charge in [-0.25, -0.2) is 8.42 Å². The van der Waals surface area contributed by atoms with Gasteiger partial charge >= 0.3 is 0 Å². The number of hydrogen-bond acceptors (Lipinski definition) is 4. The van der Waals surface area contributed by atoms with Crippen LogP contribution in [0.15, 0.2) is 23.1 Å². The molecule has 0 spiro atoms. The maximum atomic E-state index is 13.1. The van der Waals surface area contributed by atoms with Gasteiger partial charge in [-0.15, -0.1) is 0 Å². The van der Waals surface area contributed by atoms with E-state index in [1.165, 1.54) is 10.4 Å². The first-order valence-corrected chi connectivity index (χ1v) is 10.8. The molecule has 1 N–H and O–H groups in total. The van der Waals surface area contributed by atoms with E-state index in [1.54, 1.807) is 19.1 Å². The van der Waals surface area contributed by atoms with Gasteiger partial charge in [-0.2, -0.15) is 4.31 Å². The van der Waals surface area contributed by atoms with Crippen LogP contribution in [0.5, 0.6) is 5.75 Å². The van der Waals surface area contributed by atoms with Gasteiger partial charge < -0.3 is 10.1 Å². The second-order valence-corrected chi connectivity index (χ2v) is 8.89. The van der Waals surface area contributed by atoms with Crippen molar-refractivity contribution in [3.8, 4) is 5.75 Å². The lowest BCUT2D eigenvalue weighted by Gasteiger charge is -2.32. The van der Waals surface area contributed by atoms with Crippen LogP contribution in [-0.4, -0.2) is 44.4 Å². The van der Waals surface area contributed by atoms with Crippen LogP contribution < -0.4 is 10.1 Å². The second-order valence-electron chi connectivity index (χ2n) is 6.54. The van der Waals surface area contributed by atoms with Gasteiger partial charge in [0, 0.05) is 24.2 Å². The van der Waals surface area contributed by atoms with Crippen molar-refractivity contribution in [1.29, 1.82) is 0 Å². The minimum absolute atomic E-state index is 0.0508. The highest BCUT2D eigenvalue weighted by atomic mass is 35.5. The standard InChI is InChI=1S/C18H27ClN2O4S/c1-4-13(3)20-18(22)14-7-6-10-21(12-14)26(23,24)17-11-15(19)8-9-16(17)25-5-2/h8-9,11,13-14H,4-7,10,12H2,1-3H3,(H,20,22)/t13-,14-/m1/s1. The number of nitrogens with zero attached hydrogens (tertiary/aromatic N) is 1. The van der Waals surface area contributed by atoms with Crippen molar-refractivity contribution in [3.05, 3.63) is 23.2 Å². The Hall–Kier alpha value is -1.31. The minimum Gasteiger partial charge on any atom is -0.492 e. The largest absolute Gasteiger partial charge is 0.492 e. The minimum atomic E-state index is -3.79. The quantitative estimate of drug-likeness (QED) is 0.760. The van der Waals surface area contributed by atoms with Gasteiger partial charge in [-0.1, -0.05) is 18.5 Å². The molecular formula is C18H27ClN2O4S. The SMILES string of the molecule is CCOc1ccc(Cl)cc1S(=O)(=O)N1CCC[C@@H](C(=O)N[C@H](C)CC)C1. The number of nitrogens with one attached hydrogen (secondary N) is 1. The fourth-order valence-electron chi connectivity index (χ4n) is 2.93. The molecule has 1 aliphatic rings. The van der Waals surface area contributed by atoms with Crippen LogP contribution in [0.2, 0.25) is 5.02 Å². The molecule has 0 bridgehead atoms. The summed E-state index contributed by atoms with van der Waals surface area (Å²) in [6, 6.07) is 4.65. The maximum absolute atomic E-state index is 13.1. The molecule has 1 aromatic carbocycles. The Morgan fingerprint density at radius 2 is 2.15 bits per heavy atom. The van der Waals surface area contributed by atoms with E-state index in [0.29, 0.717) is 31.0 Å². The first kappa shape index (κ1) is 21.0. The van der Waals surface area contributed by atoms with Crippen molar-refractivity contribution in [2.45, 2.75) is 51.0 Å². The van der Waals surface area contributed by atoms with Crippen LogP contribution in [0.4, 0.5) is 0 Å². The third-order valence-electron chi connectivity index (χ3n) is 4.58. The van der Waals surface area contributed by atoms with Gasteiger partial charge in [0.2, 0.25) is 15.9 Å². The predicted molar refractivity (Wildman–Crippen MR) is 102 cm³/mol. The molecule has 1 amide bonds. The molecule has 0 radical (unpaired) electrons. The number of halogens is 1. The topological polar surface area (TPSA) is 75.7 Å². The number of carbonyl (C=O) groups is 1. The van der Waals surface area contributed by atoms with Crippen molar-refractivity contribution in [2.75, 3.05) is 19.7 Å². The van der Waals surface area contributed by atoms with Crippen molar-refractivity contribution in [3.63, 3.8) is 0 Å². The summed E-state index contributed by atoms with van der Waals surface area (Å²) in [4.78, 5) is 12.5. The van der Waals surface area contributed by atoms with Crippen molar-refractivity contribution in [1.82, 2.24) is 9.62 Å². The highest BCUT2D eigenvalue weighted by molar-refractivity contribution is 7.89. The molecule has 1 fully saturated rings. The van der Waals surface area contributed by atoms with Crippen molar-refractivity contribution >= 4 is 27.5 Å². The Morgan fingerprint density at radius 1 is 1.42 bits per heavy atom. The lowest BCUT2D eigenvalue weighted by atomic mass is 9.98. The van der Waals surface area contributed by atoms with Crippen LogP contribution in [0.25, 0.3) is 0 Å². The molecule has 0 aliphatic carbocycles. The summed E-state index contributed by atoms with van der Waals surface area (Å²) < 4.78 is 33.1. The monoisotopic (exact) mass is 402 g/mol. The average Bonchev–Trinajstić information content (AvgIpc) is 2.63. The summed E-state index contributed by atoms with van der Waals surface area (Å²) in [6.45, 7) is 6.63. The summed E-state index contributed by atoms with van der Waals surface area (Å²) in [5.41, 5.74) is 0. The predicted octanol–water partition coefficient (Wildman–Crippen LogP) is 3.05. The molecule has 1 saturated heterocycles. The van der Waals surface area contributed by atoms with Crippen LogP contribution in [0.1, 0.15) is 40.0 Å². The smallest absolute Gasteiger partial charge is 0.246 e. The molecule has 0 aromatic heterocycles. The van der Waals surface area contributed by atoms with Crippen molar-refractivity contribution < 1.29 is 17.9 Å². The summed E-state index contributed by atoms with van der Waals surface area (Å²) in [5, 5.41) is 3.27. The molecule has 1 heterocycles. The Labute approximate surface area is 160 Å². The van der Waals surface area contributed by atoms with Gasteiger partial charge in [-0.05, 0) is 51.3 Å². The van der Waals surface area contributed by atoms with Crippen LogP contribution in [0.3, 0.4) is 0 Å². The van der Waals surface area contributed by atoms with Gasteiger partial charge in [-0.3, -0.25) is 4.79 Å². The second kappa shape index (κ2) is 9.06. The number of rotatable bonds is 7. The van der Waals surface area contributed by atoms with Gasteiger partial charge in [0.25, 0.3) is 0 Å². The zero-order valence-electron chi connectivity index (χ0n) is 15.5. The van der Waals surface area contributed by atoms with Crippen LogP contribution in [-0.2, 0) is 14.8 Å². The fraction of sp³-hybridized carbons (Fsp3) is 0.611. The van der Waals surface area contributed by atoms with Crippen molar-refractivity contribution in [2.24, 2.45) is 5.92 Å². The van der Waals surface area contributed by atoms with E-state index in [2.05, 4.69) is 5.32 Å². The molecule has 2 rings (SSSR count). The Balaban J connectivity index is 2.24. The van der Waals surface area contributed by atoms with Gasteiger partial charge in [0.05, 0.1) is 12.5 Å².